The number of ether oxygens (including phenoxy) is 3. The van der Waals surface area contributed by atoms with Crippen LogP contribution in [0.5, 0.6) is 5.75 Å². The Bertz CT molecular complexity index is 1190. The van der Waals surface area contributed by atoms with Crippen molar-refractivity contribution in [2.45, 2.75) is 24.7 Å². The number of anilines is 2. The van der Waals surface area contributed by atoms with Crippen molar-refractivity contribution in [2.24, 2.45) is 7.05 Å². The van der Waals surface area contributed by atoms with Crippen molar-refractivity contribution in [1.29, 1.82) is 0 Å². The second-order valence-electron chi connectivity index (χ2n) is 8.97. The number of aromatic nitrogens is 4. The molecule has 2 atom stereocenters. The van der Waals surface area contributed by atoms with Gasteiger partial charge in [0.25, 0.3) is 0 Å². The van der Waals surface area contributed by atoms with Crippen LogP contribution in [0.25, 0.3) is 11.0 Å². The minimum absolute atomic E-state index is 0.0370. The summed E-state index contributed by atoms with van der Waals surface area (Å²) in [4.78, 5) is 6.69. The number of aryl methyl sites for hydroxylation is 1. The SMILES string of the molecule is Cn1nnc2c(C3(Nc4cc5c(cc4N4CCOCC4)OC(C)(CO)C5)CO3)cncc21. The Balaban J connectivity index is 1.42. The molecule has 0 spiro atoms. The molecule has 6 rings (SSSR count). The van der Waals surface area contributed by atoms with Gasteiger partial charge < -0.3 is 29.5 Å². The summed E-state index contributed by atoms with van der Waals surface area (Å²) in [5.41, 5.74) is 4.23. The fourth-order valence-electron chi connectivity index (χ4n) is 4.63. The monoisotopic (exact) mass is 438 g/mol. The normalized spacial score (nSPS) is 26.8. The molecule has 168 valence electrons. The number of epoxide rings is 1. The van der Waals surface area contributed by atoms with Gasteiger partial charge in [0.1, 0.15) is 29.0 Å². The first-order valence-electron chi connectivity index (χ1n) is 10.9. The van der Waals surface area contributed by atoms with Crippen molar-refractivity contribution in [3.8, 4) is 5.75 Å². The van der Waals surface area contributed by atoms with Crippen molar-refractivity contribution in [3.63, 3.8) is 0 Å². The van der Waals surface area contributed by atoms with Crippen molar-refractivity contribution in [2.75, 3.05) is 49.7 Å². The highest BCUT2D eigenvalue weighted by atomic mass is 16.6. The van der Waals surface area contributed by atoms with Gasteiger partial charge >= 0.3 is 0 Å². The molecule has 2 unspecified atom stereocenters. The van der Waals surface area contributed by atoms with Crippen LogP contribution in [0.4, 0.5) is 11.4 Å². The van der Waals surface area contributed by atoms with Gasteiger partial charge in [0.2, 0.25) is 0 Å². The average molecular weight is 438 g/mol. The highest BCUT2D eigenvalue weighted by Gasteiger charge is 2.50. The average Bonchev–Trinajstić information content (AvgIpc) is 3.37. The van der Waals surface area contributed by atoms with Gasteiger partial charge in [0.15, 0.2) is 5.72 Å². The van der Waals surface area contributed by atoms with Crippen molar-refractivity contribution >= 4 is 22.4 Å². The summed E-state index contributed by atoms with van der Waals surface area (Å²) in [6.07, 6.45) is 4.20. The second-order valence-corrected chi connectivity index (χ2v) is 8.97. The molecule has 2 aromatic heterocycles. The van der Waals surface area contributed by atoms with Crippen LogP contribution >= 0.6 is 0 Å². The number of nitrogens with one attached hydrogen (secondary N) is 1. The van der Waals surface area contributed by atoms with Gasteiger partial charge in [0, 0.05) is 44.4 Å². The third-order valence-corrected chi connectivity index (χ3v) is 6.52. The van der Waals surface area contributed by atoms with Gasteiger partial charge in [-0.05, 0) is 13.0 Å². The molecule has 3 aromatic rings. The van der Waals surface area contributed by atoms with Crippen LogP contribution < -0.4 is 15.0 Å². The molecular formula is C22H26N6O4. The second kappa shape index (κ2) is 7.03. The molecule has 3 aliphatic rings. The quantitative estimate of drug-likeness (QED) is 0.568. The minimum atomic E-state index is -0.711. The number of nitrogens with zero attached hydrogens (tertiary/aromatic N) is 5. The topological polar surface area (TPSA) is 110 Å². The Kier molecular flexibility index (Phi) is 4.33. The zero-order valence-corrected chi connectivity index (χ0v) is 18.2. The number of fused-ring (bicyclic) bond motifs is 2. The first kappa shape index (κ1) is 19.7. The van der Waals surface area contributed by atoms with Crippen molar-refractivity contribution < 1.29 is 19.3 Å². The predicted molar refractivity (Wildman–Crippen MR) is 117 cm³/mol. The highest BCUT2D eigenvalue weighted by molar-refractivity contribution is 5.81. The summed E-state index contributed by atoms with van der Waals surface area (Å²) in [6, 6.07) is 4.19. The van der Waals surface area contributed by atoms with Gasteiger partial charge in [-0.2, -0.15) is 0 Å². The molecule has 0 radical (unpaired) electrons. The predicted octanol–water partition coefficient (Wildman–Crippen LogP) is 1.18. The number of benzene rings is 1. The molecule has 0 amide bonds. The van der Waals surface area contributed by atoms with Gasteiger partial charge in [-0.3, -0.25) is 4.98 Å². The van der Waals surface area contributed by atoms with E-state index in [2.05, 4.69) is 37.6 Å². The van der Waals surface area contributed by atoms with E-state index in [1.165, 1.54) is 0 Å². The lowest BCUT2D eigenvalue weighted by Crippen LogP contribution is -2.37. The van der Waals surface area contributed by atoms with Gasteiger partial charge in [-0.1, -0.05) is 5.21 Å². The Morgan fingerprint density at radius 1 is 1.22 bits per heavy atom. The number of hydrogen-bond donors (Lipinski definition) is 2. The molecule has 0 aliphatic carbocycles. The number of aliphatic hydroxyl groups is 1. The fourth-order valence-corrected chi connectivity index (χ4v) is 4.63. The Hall–Kier alpha value is -2.95. The standard InChI is InChI=1S/C22H26N6O4/c1-21(12-29)9-14-7-16(17(8-19(14)32-21)28-3-5-30-6-4-28)24-22(13-31-22)15-10-23-11-18-20(15)25-26-27(18)2/h7-8,10-11,24,29H,3-6,9,12-13H2,1-2H3. The molecule has 2 fully saturated rings. The van der Waals surface area contributed by atoms with Crippen LogP contribution in [0.3, 0.4) is 0 Å². The summed E-state index contributed by atoms with van der Waals surface area (Å²) in [5.74, 6) is 0.817. The fraction of sp³-hybridized carbons (Fsp3) is 0.500. The lowest BCUT2D eigenvalue weighted by atomic mass is 9.99. The lowest BCUT2D eigenvalue weighted by molar-refractivity contribution is 0.0446. The zero-order chi connectivity index (χ0) is 21.9. The number of hydrogen-bond acceptors (Lipinski definition) is 9. The third kappa shape index (κ3) is 3.09. The van der Waals surface area contributed by atoms with Crippen LogP contribution in [0.1, 0.15) is 18.1 Å². The maximum absolute atomic E-state index is 9.82. The molecule has 0 bridgehead atoms. The lowest BCUT2D eigenvalue weighted by Gasteiger charge is -2.32. The summed E-state index contributed by atoms with van der Waals surface area (Å²) >= 11 is 0. The molecular weight excluding hydrogens is 412 g/mol. The third-order valence-electron chi connectivity index (χ3n) is 6.52. The summed E-state index contributed by atoms with van der Waals surface area (Å²) in [5, 5.41) is 22.0. The van der Waals surface area contributed by atoms with E-state index < -0.39 is 11.3 Å². The van der Waals surface area contributed by atoms with E-state index in [0.29, 0.717) is 26.2 Å². The van der Waals surface area contributed by atoms with Crippen LogP contribution in [0, 0.1) is 0 Å². The first-order valence-corrected chi connectivity index (χ1v) is 10.9. The Morgan fingerprint density at radius 3 is 2.78 bits per heavy atom. The van der Waals surface area contributed by atoms with E-state index in [1.54, 1.807) is 17.1 Å². The van der Waals surface area contributed by atoms with Crippen molar-refractivity contribution in [3.05, 3.63) is 35.7 Å². The minimum Gasteiger partial charge on any atom is -0.484 e. The first-order chi connectivity index (χ1) is 15.5. The smallest absolute Gasteiger partial charge is 0.192 e. The van der Waals surface area contributed by atoms with Gasteiger partial charge in [-0.15, -0.1) is 5.10 Å². The summed E-state index contributed by atoms with van der Waals surface area (Å²) < 4.78 is 19.4. The molecule has 0 saturated carbocycles. The largest absolute Gasteiger partial charge is 0.484 e. The van der Waals surface area contributed by atoms with E-state index in [-0.39, 0.29) is 6.61 Å². The zero-order valence-electron chi connectivity index (χ0n) is 18.2. The van der Waals surface area contributed by atoms with Gasteiger partial charge in [0.05, 0.1) is 43.0 Å². The van der Waals surface area contributed by atoms with E-state index in [0.717, 1.165) is 52.4 Å². The van der Waals surface area contributed by atoms with E-state index >= 15 is 0 Å². The van der Waals surface area contributed by atoms with Gasteiger partial charge in [-0.25, -0.2) is 4.68 Å². The summed E-state index contributed by atoms with van der Waals surface area (Å²) in [6.45, 7) is 5.34. The van der Waals surface area contributed by atoms with Crippen LogP contribution in [0.15, 0.2) is 24.5 Å². The molecule has 3 aliphatic heterocycles. The van der Waals surface area contributed by atoms with E-state index in [4.69, 9.17) is 14.2 Å². The van der Waals surface area contributed by atoms with Crippen LogP contribution in [0.2, 0.25) is 0 Å². The molecule has 1 aromatic carbocycles. The molecule has 32 heavy (non-hydrogen) atoms. The van der Waals surface area contributed by atoms with Crippen molar-refractivity contribution in [1.82, 2.24) is 20.0 Å². The highest BCUT2D eigenvalue weighted by Crippen LogP contribution is 2.47. The number of pyridine rings is 1. The van der Waals surface area contributed by atoms with Crippen LogP contribution in [-0.4, -0.2) is 70.2 Å². The molecule has 10 nitrogen and oxygen atoms in total. The van der Waals surface area contributed by atoms with Crippen LogP contribution in [-0.2, 0) is 28.7 Å². The number of aliphatic hydroxyl groups excluding tert-OH is 1. The molecule has 2 saturated heterocycles. The Labute approximate surface area is 185 Å². The maximum Gasteiger partial charge on any atom is 0.192 e. The number of rotatable bonds is 5. The van der Waals surface area contributed by atoms with E-state index in [9.17, 15) is 5.11 Å². The molecule has 2 N–H and O–H groups in total. The Morgan fingerprint density at radius 2 is 2.03 bits per heavy atom. The summed E-state index contributed by atoms with van der Waals surface area (Å²) in [7, 11) is 1.85. The van der Waals surface area contributed by atoms with E-state index in [1.807, 2.05) is 14.0 Å². The molecule has 5 heterocycles. The molecule has 10 heteroatoms. The maximum atomic E-state index is 9.82. The number of morpholine rings is 1.